The second-order valence-electron chi connectivity index (χ2n) is 4.79. The minimum absolute atomic E-state index is 0.416. The lowest BCUT2D eigenvalue weighted by Gasteiger charge is -2.40. The number of ether oxygens (including phenoxy) is 1. The van der Waals surface area contributed by atoms with Gasteiger partial charge in [0.1, 0.15) is 0 Å². The largest absolute Gasteiger partial charge is 0.490 e. The van der Waals surface area contributed by atoms with Crippen molar-refractivity contribution in [3.05, 3.63) is 18.3 Å². The van der Waals surface area contributed by atoms with Crippen molar-refractivity contribution in [1.29, 1.82) is 0 Å². The van der Waals surface area contributed by atoms with Crippen molar-refractivity contribution >= 4 is 17.6 Å². The van der Waals surface area contributed by atoms with E-state index in [-0.39, 0.29) is 0 Å². The molecule has 0 aromatic carbocycles. The Kier molecular flexibility index (Phi) is 4.75. The van der Waals surface area contributed by atoms with Crippen LogP contribution >= 0.6 is 11.8 Å². The number of pyridine rings is 1. The number of anilines is 1. The van der Waals surface area contributed by atoms with Crippen molar-refractivity contribution in [3.63, 3.8) is 0 Å². The zero-order valence-corrected chi connectivity index (χ0v) is 12.1. The first-order valence-corrected chi connectivity index (χ1v) is 7.89. The Balaban J connectivity index is 1.95. The third-order valence-electron chi connectivity index (χ3n) is 3.51. The summed E-state index contributed by atoms with van der Waals surface area (Å²) in [5, 5.41) is 3.46. The molecule has 0 radical (unpaired) electrons. The van der Waals surface area contributed by atoms with E-state index >= 15 is 0 Å². The van der Waals surface area contributed by atoms with Crippen LogP contribution in [0.4, 0.5) is 5.82 Å². The van der Waals surface area contributed by atoms with Crippen molar-refractivity contribution in [3.8, 4) is 5.75 Å². The van der Waals surface area contributed by atoms with Gasteiger partial charge in [-0.05, 0) is 37.7 Å². The Hall–Kier alpha value is -0.900. The number of thioether (sulfide) groups is 1. The van der Waals surface area contributed by atoms with Crippen molar-refractivity contribution in [1.82, 2.24) is 4.98 Å². The Morgan fingerprint density at radius 2 is 2.33 bits per heavy atom. The zero-order valence-electron chi connectivity index (χ0n) is 11.2. The van der Waals surface area contributed by atoms with Gasteiger partial charge in [0.15, 0.2) is 11.6 Å². The van der Waals surface area contributed by atoms with Gasteiger partial charge in [0.2, 0.25) is 0 Å². The quantitative estimate of drug-likeness (QED) is 0.818. The maximum absolute atomic E-state index is 5.71. The van der Waals surface area contributed by atoms with Crippen LogP contribution in [0.5, 0.6) is 5.75 Å². The molecule has 1 N–H and O–H groups in total. The Morgan fingerprint density at radius 3 is 2.94 bits per heavy atom. The first-order chi connectivity index (χ1) is 8.79. The van der Waals surface area contributed by atoms with E-state index in [9.17, 15) is 0 Å². The van der Waals surface area contributed by atoms with Gasteiger partial charge in [-0.15, -0.1) is 0 Å². The van der Waals surface area contributed by atoms with Crippen LogP contribution in [-0.4, -0.2) is 29.1 Å². The van der Waals surface area contributed by atoms with Crippen LogP contribution in [0, 0.1) is 0 Å². The normalized spacial score (nSPS) is 17.0. The smallest absolute Gasteiger partial charge is 0.168 e. The second-order valence-corrected chi connectivity index (χ2v) is 6.07. The van der Waals surface area contributed by atoms with Crippen LogP contribution in [0.3, 0.4) is 0 Å². The molecule has 0 amide bonds. The molecular weight excluding hydrogens is 244 g/mol. The number of hydrogen-bond acceptors (Lipinski definition) is 4. The molecular formula is C14H22N2OS. The molecule has 0 saturated heterocycles. The zero-order chi connectivity index (χ0) is 12.8. The van der Waals surface area contributed by atoms with Crippen LogP contribution in [-0.2, 0) is 0 Å². The van der Waals surface area contributed by atoms with E-state index < -0.39 is 0 Å². The summed E-state index contributed by atoms with van der Waals surface area (Å²) in [5.41, 5.74) is 0. The minimum atomic E-state index is 0.416. The molecule has 1 aromatic rings. The molecule has 1 saturated carbocycles. The molecule has 1 aromatic heterocycles. The first kappa shape index (κ1) is 13.5. The first-order valence-electron chi connectivity index (χ1n) is 6.66. The molecule has 2 rings (SSSR count). The van der Waals surface area contributed by atoms with Crippen molar-refractivity contribution < 1.29 is 4.74 Å². The van der Waals surface area contributed by atoms with Gasteiger partial charge in [-0.1, -0.05) is 13.3 Å². The summed E-state index contributed by atoms with van der Waals surface area (Å²) in [6.45, 7) is 3.84. The van der Waals surface area contributed by atoms with E-state index in [1.54, 1.807) is 0 Å². The summed E-state index contributed by atoms with van der Waals surface area (Å²) in [5.74, 6) is 1.75. The van der Waals surface area contributed by atoms with E-state index in [0.717, 1.165) is 31.1 Å². The van der Waals surface area contributed by atoms with Crippen molar-refractivity contribution in [2.24, 2.45) is 0 Å². The third-order valence-corrected chi connectivity index (χ3v) is 4.93. The molecule has 0 aliphatic heterocycles. The highest BCUT2D eigenvalue weighted by Crippen LogP contribution is 2.43. The van der Waals surface area contributed by atoms with Gasteiger partial charge < -0.3 is 10.1 Å². The highest BCUT2D eigenvalue weighted by molar-refractivity contribution is 8.00. The highest BCUT2D eigenvalue weighted by atomic mass is 32.2. The standard InChI is InChI=1S/C14H22N2OS/c1-3-10-17-12-6-4-9-15-13(12)16-11-14(18-2)7-5-8-14/h4,6,9H,3,5,7-8,10-11H2,1-2H3,(H,15,16). The summed E-state index contributed by atoms with van der Waals surface area (Å²) >= 11 is 1.97. The van der Waals surface area contributed by atoms with Crippen LogP contribution < -0.4 is 10.1 Å². The molecule has 18 heavy (non-hydrogen) atoms. The summed E-state index contributed by atoms with van der Waals surface area (Å²) in [7, 11) is 0. The minimum Gasteiger partial charge on any atom is -0.490 e. The predicted molar refractivity (Wildman–Crippen MR) is 78.6 cm³/mol. The Labute approximate surface area is 114 Å². The molecule has 0 atom stereocenters. The molecule has 4 heteroatoms. The Morgan fingerprint density at radius 1 is 1.50 bits per heavy atom. The van der Waals surface area contributed by atoms with Gasteiger partial charge in [-0.25, -0.2) is 4.98 Å². The van der Waals surface area contributed by atoms with E-state index in [2.05, 4.69) is 23.5 Å². The lowest BCUT2D eigenvalue weighted by molar-refractivity contribution is 0.317. The fraction of sp³-hybridized carbons (Fsp3) is 0.643. The van der Waals surface area contributed by atoms with Gasteiger partial charge in [0, 0.05) is 17.5 Å². The molecule has 0 unspecified atom stereocenters. The maximum atomic E-state index is 5.71. The second kappa shape index (κ2) is 6.32. The molecule has 100 valence electrons. The van der Waals surface area contributed by atoms with Crippen molar-refractivity contribution in [2.45, 2.75) is 37.4 Å². The lowest BCUT2D eigenvalue weighted by atomic mass is 9.84. The summed E-state index contributed by atoms with van der Waals surface area (Å²) in [6.07, 6.45) is 8.99. The lowest BCUT2D eigenvalue weighted by Crippen LogP contribution is -2.40. The van der Waals surface area contributed by atoms with Gasteiger partial charge in [-0.2, -0.15) is 11.8 Å². The average Bonchev–Trinajstić information content (AvgIpc) is 2.37. The number of nitrogens with one attached hydrogen (secondary N) is 1. The number of hydrogen-bond donors (Lipinski definition) is 1. The molecule has 3 nitrogen and oxygen atoms in total. The topological polar surface area (TPSA) is 34.1 Å². The van der Waals surface area contributed by atoms with Crippen LogP contribution in [0.2, 0.25) is 0 Å². The number of nitrogens with zero attached hydrogens (tertiary/aromatic N) is 1. The maximum Gasteiger partial charge on any atom is 0.168 e. The van der Waals surface area contributed by atoms with Gasteiger partial charge in [0.25, 0.3) is 0 Å². The summed E-state index contributed by atoms with van der Waals surface area (Å²) in [4.78, 5) is 4.38. The monoisotopic (exact) mass is 266 g/mol. The molecule has 1 aliphatic rings. The third kappa shape index (κ3) is 3.10. The molecule has 1 aliphatic carbocycles. The SMILES string of the molecule is CCCOc1cccnc1NCC1(SC)CCC1. The Bertz CT molecular complexity index is 374. The van der Waals surface area contributed by atoms with Gasteiger partial charge in [0.05, 0.1) is 6.61 Å². The van der Waals surface area contributed by atoms with E-state index in [1.165, 1.54) is 19.3 Å². The molecule has 0 bridgehead atoms. The van der Waals surface area contributed by atoms with Crippen molar-refractivity contribution in [2.75, 3.05) is 24.7 Å². The number of aromatic nitrogens is 1. The molecule has 1 fully saturated rings. The summed E-state index contributed by atoms with van der Waals surface area (Å²) in [6, 6.07) is 3.90. The highest BCUT2D eigenvalue weighted by Gasteiger charge is 2.36. The fourth-order valence-corrected chi connectivity index (χ4v) is 3.03. The van der Waals surface area contributed by atoms with Crippen LogP contribution in [0.25, 0.3) is 0 Å². The van der Waals surface area contributed by atoms with Gasteiger partial charge >= 0.3 is 0 Å². The fourth-order valence-electron chi connectivity index (χ4n) is 2.12. The molecule has 0 spiro atoms. The summed E-state index contributed by atoms with van der Waals surface area (Å²) < 4.78 is 6.12. The van der Waals surface area contributed by atoms with Crippen LogP contribution in [0.15, 0.2) is 18.3 Å². The van der Waals surface area contributed by atoms with Crippen LogP contribution in [0.1, 0.15) is 32.6 Å². The van der Waals surface area contributed by atoms with E-state index in [0.29, 0.717) is 4.75 Å². The van der Waals surface area contributed by atoms with E-state index in [4.69, 9.17) is 4.74 Å². The van der Waals surface area contributed by atoms with Gasteiger partial charge in [-0.3, -0.25) is 0 Å². The predicted octanol–water partition coefficient (Wildman–Crippen LogP) is 3.57. The molecule has 1 heterocycles. The van der Waals surface area contributed by atoms with E-state index in [1.807, 2.05) is 30.1 Å². The average molecular weight is 266 g/mol. The number of rotatable bonds is 7.